The number of halogens is 3. The number of hydrogen-bond acceptors (Lipinski definition) is 3. The van der Waals surface area contributed by atoms with Crippen molar-refractivity contribution < 1.29 is 13.2 Å². The van der Waals surface area contributed by atoms with Crippen molar-refractivity contribution in [3.8, 4) is 0 Å². The number of nitrogens with zero attached hydrogens (tertiary/aromatic N) is 2. The van der Waals surface area contributed by atoms with Gasteiger partial charge in [-0.1, -0.05) is 0 Å². The van der Waals surface area contributed by atoms with Crippen molar-refractivity contribution in [2.24, 2.45) is 5.73 Å². The van der Waals surface area contributed by atoms with Gasteiger partial charge < -0.3 is 5.73 Å². The van der Waals surface area contributed by atoms with Gasteiger partial charge >= 0.3 is 0 Å². The molecule has 1 aliphatic heterocycles. The van der Waals surface area contributed by atoms with Crippen molar-refractivity contribution in [1.29, 1.82) is 0 Å². The van der Waals surface area contributed by atoms with Crippen LogP contribution in [0.3, 0.4) is 0 Å². The summed E-state index contributed by atoms with van der Waals surface area (Å²) in [7, 11) is 2.04. The van der Waals surface area contributed by atoms with Gasteiger partial charge in [-0.25, -0.2) is 13.2 Å². The Kier molecular flexibility index (Phi) is 4.91. The molecule has 2 N–H and O–H groups in total. The quantitative estimate of drug-likeness (QED) is 0.868. The molecule has 1 heterocycles. The van der Waals surface area contributed by atoms with Crippen LogP contribution < -0.4 is 5.73 Å². The fourth-order valence-electron chi connectivity index (χ4n) is 2.97. The van der Waals surface area contributed by atoms with Gasteiger partial charge in [0.25, 0.3) is 0 Å². The summed E-state index contributed by atoms with van der Waals surface area (Å²) in [5, 5.41) is 0. The van der Waals surface area contributed by atoms with Gasteiger partial charge in [0, 0.05) is 43.3 Å². The maximum atomic E-state index is 14.0. The molecule has 2 rings (SSSR count). The Balaban J connectivity index is 2.30. The first-order valence-electron chi connectivity index (χ1n) is 7.15. The van der Waals surface area contributed by atoms with Crippen molar-refractivity contribution in [2.45, 2.75) is 32.0 Å². The van der Waals surface area contributed by atoms with E-state index < -0.39 is 23.5 Å². The van der Waals surface area contributed by atoms with Crippen LogP contribution in [0, 0.1) is 17.5 Å². The summed E-state index contributed by atoms with van der Waals surface area (Å²) in [5.74, 6) is -2.96. The highest BCUT2D eigenvalue weighted by atomic mass is 19.2. The third-order valence-corrected chi connectivity index (χ3v) is 4.45. The van der Waals surface area contributed by atoms with E-state index in [9.17, 15) is 13.2 Å². The minimum Gasteiger partial charge on any atom is -0.329 e. The normalized spacial score (nSPS) is 26.0. The second kappa shape index (κ2) is 6.34. The van der Waals surface area contributed by atoms with Crippen molar-refractivity contribution in [2.75, 3.05) is 26.7 Å². The largest absolute Gasteiger partial charge is 0.329 e. The standard InChI is InChI=1S/C15H22F3N3/c1-9-7-21(8-10(2)20(9)3)15(6-19)11-4-13(17)14(18)5-12(11)16/h4-5,9-10,15H,6-8,19H2,1-3H3. The summed E-state index contributed by atoms with van der Waals surface area (Å²) in [6, 6.07) is 1.65. The second-order valence-corrected chi connectivity index (χ2v) is 5.86. The maximum absolute atomic E-state index is 14.0. The molecule has 1 aliphatic rings. The van der Waals surface area contributed by atoms with Gasteiger partial charge in [0.05, 0.1) is 6.04 Å². The van der Waals surface area contributed by atoms with Gasteiger partial charge in [-0.2, -0.15) is 0 Å². The monoisotopic (exact) mass is 301 g/mol. The van der Waals surface area contributed by atoms with Crippen LogP contribution in [0.1, 0.15) is 25.5 Å². The van der Waals surface area contributed by atoms with E-state index in [1.165, 1.54) is 0 Å². The fraction of sp³-hybridized carbons (Fsp3) is 0.600. The van der Waals surface area contributed by atoms with E-state index in [4.69, 9.17) is 5.73 Å². The first kappa shape index (κ1) is 16.3. The molecule has 1 aromatic carbocycles. The smallest absolute Gasteiger partial charge is 0.161 e. The highest BCUT2D eigenvalue weighted by molar-refractivity contribution is 5.24. The van der Waals surface area contributed by atoms with Gasteiger partial charge in [-0.05, 0) is 27.0 Å². The van der Waals surface area contributed by atoms with Crippen molar-refractivity contribution in [3.05, 3.63) is 35.1 Å². The van der Waals surface area contributed by atoms with Gasteiger partial charge in [-0.3, -0.25) is 9.80 Å². The van der Waals surface area contributed by atoms with E-state index in [2.05, 4.69) is 18.7 Å². The number of hydrogen-bond donors (Lipinski definition) is 1. The van der Waals surface area contributed by atoms with Gasteiger partial charge in [0.15, 0.2) is 11.6 Å². The predicted molar refractivity (Wildman–Crippen MR) is 76.4 cm³/mol. The first-order valence-corrected chi connectivity index (χ1v) is 7.15. The van der Waals surface area contributed by atoms with Crippen LogP contribution in [0.4, 0.5) is 13.2 Å². The molecule has 1 aromatic rings. The third kappa shape index (κ3) is 3.22. The molecular weight excluding hydrogens is 279 g/mol. The molecule has 6 heteroatoms. The molecular formula is C15H22F3N3. The van der Waals surface area contributed by atoms with Crippen molar-refractivity contribution in [3.63, 3.8) is 0 Å². The highest BCUT2D eigenvalue weighted by Crippen LogP contribution is 2.28. The SMILES string of the molecule is CC1CN(C(CN)c2cc(F)c(F)cc2F)CC(C)N1C. The van der Waals surface area contributed by atoms with E-state index in [0.717, 1.165) is 6.07 Å². The summed E-state index contributed by atoms with van der Waals surface area (Å²) in [6.45, 7) is 5.74. The molecule has 0 aliphatic carbocycles. The van der Waals surface area contributed by atoms with Crippen molar-refractivity contribution in [1.82, 2.24) is 9.80 Å². The van der Waals surface area contributed by atoms with Crippen LogP contribution in [-0.4, -0.2) is 48.6 Å². The van der Waals surface area contributed by atoms with Gasteiger partial charge in [0.1, 0.15) is 5.82 Å². The zero-order valence-electron chi connectivity index (χ0n) is 12.6. The second-order valence-electron chi connectivity index (χ2n) is 5.86. The molecule has 21 heavy (non-hydrogen) atoms. The highest BCUT2D eigenvalue weighted by Gasteiger charge is 2.32. The van der Waals surface area contributed by atoms with Crippen LogP contribution in [0.15, 0.2) is 12.1 Å². The van der Waals surface area contributed by atoms with Crippen LogP contribution in [0.2, 0.25) is 0 Å². The zero-order chi connectivity index (χ0) is 15.7. The molecule has 0 radical (unpaired) electrons. The molecule has 0 spiro atoms. The summed E-state index contributed by atoms with van der Waals surface area (Å²) in [6.07, 6.45) is 0. The Labute approximate surface area is 123 Å². The lowest BCUT2D eigenvalue weighted by molar-refractivity contribution is 0.0342. The Bertz CT molecular complexity index is 497. The van der Waals surface area contributed by atoms with Crippen LogP contribution in [0.25, 0.3) is 0 Å². The summed E-state index contributed by atoms with van der Waals surface area (Å²) >= 11 is 0. The zero-order valence-corrected chi connectivity index (χ0v) is 12.6. The molecule has 1 saturated heterocycles. The molecule has 0 saturated carbocycles. The molecule has 0 amide bonds. The number of nitrogens with two attached hydrogens (primary N) is 1. The van der Waals surface area contributed by atoms with E-state index >= 15 is 0 Å². The summed E-state index contributed by atoms with van der Waals surface area (Å²) in [4.78, 5) is 4.29. The van der Waals surface area contributed by atoms with Crippen LogP contribution in [0.5, 0.6) is 0 Å². The lowest BCUT2D eigenvalue weighted by atomic mass is 10.00. The number of rotatable bonds is 3. The predicted octanol–water partition coefficient (Wildman–Crippen LogP) is 2.13. The fourth-order valence-corrected chi connectivity index (χ4v) is 2.97. The summed E-state index contributed by atoms with van der Waals surface area (Å²) < 4.78 is 40.5. The first-order chi connectivity index (χ1) is 9.85. The maximum Gasteiger partial charge on any atom is 0.161 e. The van der Waals surface area contributed by atoms with Gasteiger partial charge in [-0.15, -0.1) is 0 Å². The summed E-state index contributed by atoms with van der Waals surface area (Å²) in [5.41, 5.74) is 5.91. The lowest BCUT2D eigenvalue weighted by Crippen LogP contribution is -2.56. The molecule has 1 fully saturated rings. The van der Waals surface area contributed by atoms with E-state index in [1.54, 1.807) is 0 Å². The average molecular weight is 301 g/mol. The third-order valence-electron chi connectivity index (χ3n) is 4.45. The molecule has 3 nitrogen and oxygen atoms in total. The number of benzene rings is 1. The molecule has 0 aromatic heterocycles. The van der Waals surface area contributed by atoms with Crippen LogP contribution >= 0.6 is 0 Å². The van der Waals surface area contributed by atoms with E-state index in [-0.39, 0.29) is 24.2 Å². The molecule has 3 unspecified atom stereocenters. The molecule has 0 bridgehead atoms. The van der Waals surface area contributed by atoms with Crippen molar-refractivity contribution >= 4 is 0 Å². The molecule has 118 valence electrons. The Morgan fingerprint density at radius 1 is 1.10 bits per heavy atom. The number of piperazine rings is 1. The van der Waals surface area contributed by atoms with Crippen LogP contribution in [-0.2, 0) is 0 Å². The average Bonchev–Trinajstić information content (AvgIpc) is 2.42. The minimum atomic E-state index is -1.17. The Hall–Kier alpha value is -1.11. The number of likely N-dealkylation sites (N-methyl/N-ethyl adjacent to an activating group) is 1. The van der Waals surface area contributed by atoms with Gasteiger partial charge in [0.2, 0.25) is 0 Å². The Morgan fingerprint density at radius 3 is 2.14 bits per heavy atom. The lowest BCUT2D eigenvalue weighted by Gasteiger charge is -2.45. The van der Waals surface area contributed by atoms with E-state index in [1.807, 2.05) is 11.9 Å². The minimum absolute atomic E-state index is 0.125. The Morgan fingerprint density at radius 2 is 1.62 bits per heavy atom. The molecule has 3 atom stereocenters. The topological polar surface area (TPSA) is 32.5 Å². The van der Waals surface area contributed by atoms with E-state index in [0.29, 0.717) is 19.2 Å².